The van der Waals surface area contributed by atoms with Crippen LogP contribution in [0.1, 0.15) is 12.5 Å². The Labute approximate surface area is 103 Å². The van der Waals surface area contributed by atoms with Crippen molar-refractivity contribution in [3.63, 3.8) is 0 Å². The maximum atomic E-state index is 13.5. The fourth-order valence-corrected chi connectivity index (χ4v) is 1.60. The average molecular weight is 250 g/mol. The predicted octanol–water partition coefficient (Wildman–Crippen LogP) is 3.36. The van der Waals surface area contributed by atoms with Gasteiger partial charge in [-0.05, 0) is 24.6 Å². The number of allylic oxidation sites excluding steroid dienone is 1. The minimum Gasteiger partial charge on any atom is -0.250 e. The van der Waals surface area contributed by atoms with Crippen LogP contribution in [0.15, 0.2) is 31.1 Å². The largest absolute Gasteiger partial charge is 0.250 e. The Balaban J connectivity index is 2.52. The smallest absolute Gasteiger partial charge is 0.182 e. The summed E-state index contributed by atoms with van der Waals surface area (Å²) in [6, 6.07) is 2.80. The van der Waals surface area contributed by atoms with Crippen molar-refractivity contribution in [2.24, 2.45) is 0 Å². The first kappa shape index (κ1) is 11.7. The SMILES string of the molecule is C=C(C)c1cnc(-c2ncccc2F)nc1Cl. The van der Waals surface area contributed by atoms with Crippen LogP contribution in [0.2, 0.25) is 5.15 Å². The lowest BCUT2D eigenvalue weighted by molar-refractivity contribution is 0.624. The zero-order valence-corrected chi connectivity index (χ0v) is 9.87. The molecule has 0 atom stereocenters. The molecule has 2 aromatic heterocycles. The summed E-state index contributed by atoms with van der Waals surface area (Å²) >= 11 is 5.96. The lowest BCUT2D eigenvalue weighted by Crippen LogP contribution is -1.97. The van der Waals surface area contributed by atoms with Crippen molar-refractivity contribution in [3.8, 4) is 11.5 Å². The Morgan fingerprint density at radius 3 is 2.76 bits per heavy atom. The van der Waals surface area contributed by atoms with Crippen LogP contribution in [0.25, 0.3) is 17.1 Å². The van der Waals surface area contributed by atoms with Crippen LogP contribution in [0.3, 0.4) is 0 Å². The molecule has 17 heavy (non-hydrogen) atoms. The first-order valence-corrected chi connectivity index (χ1v) is 5.26. The molecule has 0 saturated heterocycles. The van der Waals surface area contributed by atoms with Gasteiger partial charge in [0.25, 0.3) is 0 Å². The molecule has 2 aromatic rings. The highest BCUT2D eigenvalue weighted by Gasteiger charge is 2.11. The van der Waals surface area contributed by atoms with Gasteiger partial charge in [0.15, 0.2) is 11.6 Å². The van der Waals surface area contributed by atoms with E-state index in [-0.39, 0.29) is 16.7 Å². The van der Waals surface area contributed by atoms with Gasteiger partial charge in [0.2, 0.25) is 0 Å². The van der Waals surface area contributed by atoms with E-state index in [4.69, 9.17) is 11.6 Å². The van der Waals surface area contributed by atoms with E-state index in [1.165, 1.54) is 24.5 Å². The molecule has 0 aromatic carbocycles. The summed E-state index contributed by atoms with van der Waals surface area (Å²) in [5, 5.41) is 0.243. The van der Waals surface area contributed by atoms with Gasteiger partial charge < -0.3 is 0 Å². The van der Waals surface area contributed by atoms with Gasteiger partial charge in [-0.3, -0.25) is 0 Å². The number of nitrogens with zero attached hydrogens (tertiary/aromatic N) is 3. The molecule has 0 fully saturated rings. The van der Waals surface area contributed by atoms with E-state index in [0.29, 0.717) is 5.56 Å². The number of rotatable bonds is 2. The lowest BCUT2D eigenvalue weighted by atomic mass is 10.2. The topological polar surface area (TPSA) is 38.7 Å². The van der Waals surface area contributed by atoms with Crippen molar-refractivity contribution in [2.45, 2.75) is 6.92 Å². The Kier molecular flexibility index (Phi) is 3.15. The van der Waals surface area contributed by atoms with Crippen molar-refractivity contribution < 1.29 is 4.39 Å². The molecule has 0 aliphatic rings. The normalized spacial score (nSPS) is 10.3. The second-order valence-corrected chi connectivity index (χ2v) is 3.87. The molecule has 2 rings (SSSR count). The first-order valence-electron chi connectivity index (χ1n) is 4.89. The highest BCUT2D eigenvalue weighted by molar-refractivity contribution is 6.31. The maximum absolute atomic E-state index is 13.5. The van der Waals surface area contributed by atoms with Crippen LogP contribution >= 0.6 is 11.6 Å². The van der Waals surface area contributed by atoms with Crippen LogP contribution < -0.4 is 0 Å². The van der Waals surface area contributed by atoms with E-state index in [1.807, 2.05) is 0 Å². The Bertz CT molecular complexity index is 584. The second-order valence-electron chi connectivity index (χ2n) is 3.51. The number of hydrogen-bond donors (Lipinski definition) is 0. The Morgan fingerprint density at radius 1 is 1.41 bits per heavy atom. The molecule has 0 amide bonds. The van der Waals surface area contributed by atoms with E-state index in [2.05, 4.69) is 21.5 Å². The van der Waals surface area contributed by atoms with Crippen LogP contribution in [0.4, 0.5) is 4.39 Å². The average Bonchev–Trinajstić information content (AvgIpc) is 2.29. The van der Waals surface area contributed by atoms with Crippen molar-refractivity contribution in [1.82, 2.24) is 15.0 Å². The molecular formula is C12H9ClFN3. The van der Waals surface area contributed by atoms with Crippen LogP contribution in [-0.4, -0.2) is 15.0 Å². The molecule has 0 aliphatic heterocycles. The zero-order chi connectivity index (χ0) is 12.4. The van der Waals surface area contributed by atoms with Gasteiger partial charge in [-0.15, -0.1) is 0 Å². The molecule has 0 N–H and O–H groups in total. The summed E-state index contributed by atoms with van der Waals surface area (Å²) in [6.07, 6.45) is 2.99. The van der Waals surface area contributed by atoms with Gasteiger partial charge in [-0.1, -0.05) is 18.2 Å². The fraction of sp³-hybridized carbons (Fsp3) is 0.0833. The van der Waals surface area contributed by atoms with E-state index in [1.54, 1.807) is 6.92 Å². The van der Waals surface area contributed by atoms with E-state index < -0.39 is 5.82 Å². The van der Waals surface area contributed by atoms with Crippen LogP contribution in [0.5, 0.6) is 0 Å². The monoisotopic (exact) mass is 249 g/mol. The van der Waals surface area contributed by atoms with Gasteiger partial charge in [-0.25, -0.2) is 19.3 Å². The van der Waals surface area contributed by atoms with Gasteiger partial charge >= 0.3 is 0 Å². The maximum Gasteiger partial charge on any atom is 0.182 e. The summed E-state index contributed by atoms with van der Waals surface area (Å²) in [5.74, 6) is -0.315. The fourth-order valence-electron chi connectivity index (χ4n) is 1.31. The molecule has 0 saturated carbocycles. The van der Waals surface area contributed by atoms with Crippen molar-refractivity contribution >= 4 is 17.2 Å². The van der Waals surface area contributed by atoms with Gasteiger partial charge in [-0.2, -0.15) is 0 Å². The summed E-state index contributed by atoms with van der Waals surface area (Å²) in [4.78, 5) is 11.9. The molecule has 0 radical (unpaired) electrons. The lowest BCUT2D eigenvalue weighted by Gasteiger charge is -2.04. The molecular weight excluding hydrogens is 241 g/mol. The molecule has 0 bridgehead atoms. The summed E-state index contributed by atoms with van der Waals surface area (Å²) in [7, 11) is 0. The quantitative estimate of drug-likeness (QED) is 0.766. The van der Waals surface area contributed by atoms with Crippen molar-refractivity contribution in [2.75, 3.05) is 0 Å². The predicted molar refractivity (Wildman–Crippen MR) is 64.9 cm³/mol. The van der Waals surface area contributed by atoms with Crippen LogP contribution in [0, 0.1) is 5.82 Å². The highest BCUT2D eigenvalue weighted by atomic mass is 35.5. The molecule has 0 spiro atoms. The minimum atomic E-state index is -0.480. The third-order valence-electron chi connectivity index (χ3n) is 2.17. The van der Waals surface area contributed by atoms with Crippen molar-refractivity contribution in [1.29, 1.82) is 0 Å². The summed E-state index contributed by atoms with van der Waals surface area (Å²) < 4.78 is 13.5. The standard InChI is InChI=1S/C12H9ClFN3/c1-7(2)8-6-16-12(17-11(8)13)10-9(14)4-3-5-15-10/h3-6H,1H2,2H3. The number of hydrogen-bond acceptors (Lipinski definition) is 3. The Morgan fingerprint density at radius 2 is 2.18 bits per heavy atom. The first-order chi connectivity index (χ1) is 8.09. The third-order valence-corrected chi connectivity index (χ3v) is 2.46. The van der Waals surface area contributed by atoms with E-state index in [0.717, 1.165) is 5.57 Å². The number of pyridine rings is 1. The molecule has 86 valence electrons. The highest BCUT2D eigenvalue weighted by Crippen LogP contribution is 2.23. The number of aromatic nitrogens is 3. The molecule has 3 nitrogen and oxygen atoms in total. The van der Waals surface area contributed by atoms with Gasteiger partial charge in [0.1, 0.15) is 10.8 Å². The van der Waals surface area contributed by atoms with Gasteiger partial charge in [0.05, 0.1) is 0 Å². The number of halogens is 2. The third kappa shape index (κ3) is 2.31. The van der Waals surface area contributed by atoms with E-state index in [9.17, 15) is 4.39 Å². The molecule has 5 heteroatoms. The van der Waals surface area contributed by atoms with E-state index >= 15 is 0 Å². The molecule has 2 heterocycles. The second kappa shape index (κ2) is 4.59. The summed E-state index contributed by atoms with van der Waals surface area (Å²) in [5.41, 5.74) is 1.48. The minimum absolute atomic E-state index is 0.0858. The van der Waals surface area contributed by atoms with Crippen molar-refractivity contribution in [3.05, 3.63) is 47.6 Å². The zero-order valence-electron chi connectivity index (χ0n) is 9.11. The molecule has 0 unspecified atom stereocenters. The van der Waals surface area contributed by atoms with Crippen LogP contribution in [-0.2, 0) is 0 Å². The summed E-state index contributed by atoms with van der Waals surface area (Å²) in [6.45, 7) is 5.55. The van der Waals surface area contributed by atoms with Gasteiger partial charge in [0, 0.05) is 18.0 Å². The Hall–Kier alpha value is -1.81. The molecule has 0 aliphatic carbocycles.